The fraction of sp³-hybridized carbons (Fsp3) is 0.333. The number of thiazole rings is 1. The van der Waals surface area contributed by atoms with Crippen LogP contribution < -0.4 is 10.5 Å². The van der Waals surface area contributed by atoms with Gasteiger partial charge in [0, 0.05) is 25.4 Å². The van der Waals surface area contributed by atoms with Gasteiger partial charge in [-0.3, -0.25) is 4.79 Å². The Balaban J connectivity index is 0.00000264. The maximum absolute atomic E-state index is 12.3. The molecule has 2 rings (SSSR count). The zero-order valence-electron chi connectivity index (χ0n) is 13.0. The quantitative estimate of drug-likeness (QED) is 0.826. The number of phenolic OH excluding ortho intramolecular Hbond substituents is 1. The van der Waals surface area contributed by atoms with Crippen molar-refractivity contribution in [1.82, 2.24) is 9.88 Å². The van der Waals surface area contributed by atoms with Gasteiger partial charge in [-0.2, -0.15) is 0 Å². The minimum Gasteiger partial charge on any atom is -0.504 e. The lowest BCUT2D eigenvalue weighted by atomic mass is 10.2. The number of carbonyl (C=O) groups excluding carboxylic acids is 1. The van der Waals surface area contributed by atoms with Crippen LogP contribution in [-0.4, -0.2) is 41.6 Å². The highest BCUT2D eigenvalue weighted by Crippen LogP contribution is 2.26. The highest BCUT2D eigenvalue weighted by Gasteiger charge is 2.16. The molecule has 0 unspecified atom stereocenters. The molecule has 6 nitrogen and oxygen atoms in total. The van der Waals surface area contributed by atoms with Crippen LogP contribution in [0.5, 0.6) is 11.5 Å². The maximum atomic E-state index is 12.3. The van der Waals surface area contributed by atoms with Crippen LogP contribution in [0.2, 0.25) is 0 Å². The zero-order valence-corrected chi connectivity index (χ0v) is 14.6. The lowest BCUT2D eigenvalue weighted by Crippen LogP contribution is -2.26. The second-order valence-corrected chi connectivity index (χ2v) is 5.78. The van der Waals surface area contributed by atoms with Gasteiger partial charge in [-0.1, -0.05) is 6.07 Å². The molecule has 2 aromatic rings. The Morgan fingerprint density at radius 1 is 1.48 bits per heavy atom. The summed E-state index contributed by atoms with van der Waals surface area (Å²) in [7, 11) is 3.19. The zero-order chi connectivity index (χ0) is 16.1. The van der Waals surface area contributed by atoms with Gasteiger partial charge in [0.2, 0.25) is 0 Å². The number of ether oxygens (including phenoxy) is 1. The number of hydrogen-bond acceptors (Lipinski definition) is 6. The molecule has 0 aliphatic rings. The first-order chi connectivity index (χ1) is 10.5. The van der Waals surface area contributed by atoms with Crippen LogP contribution >= 0.6 is 23.7 Å². The van der Waals surface area contributed by atoms with Gasteiger partial charge in [-0.25, -0.2) is 4.98 Å². The van der Waals surface area contributed by atoms with E-state index in [9.17, 15) is 9.90 Å². The third-order valence-corrected chi connectivity index (χ3v) is 4.05. The van der Waals surface area contributed by atoms with Crippen molar-refractivity contribution in [3.63, 3.8) is 0 Å². The summed E-state index contributed by atoms with van der Waals surface area (Å²) in [5.41, 5.74) is 6.72. The highest BCUT2D eigenvalue weighted by molar-refractivity contribution is 7.09. The number of nitrogens with two attached hydrogens (primary N) is 1. The minimum absolute atomic E-state index is 0. The molecule has 0 saturated carbocycles. The van der Waals surface area contributed by atoms with Crippen LogP contribution in [-0.2, 0) is 13.0 Å². The average Bonchev–Trinajstić information content (AvgIpc) is 2.95. The van der Waals surface area contributed by atoms with E-state index >= 15 is 0 Å². The van der Waals surface area contributed by atoms with E-state index in [-0.39, 0.29) is 24.1 Å². The topological polar surface area (TPSA) is 88.7 Å². The molecule has 0 aliphatic heterocycles. The van der Waals surface area contributed by atoms with E-state index in [0.717, 1.165) is 10.6 Å². The Morgan fingerprint density at radius 3 is 2.83 bits per heavy atom. The highest BCUT2D eigenvalue weighted by atomic mass is 35.5. The fourth-order valence-corrected chi connectivity index (χ4v) is 2.81. The van der Waals surface area contributed by atoms with Gasteiger partial charge >= 0.3 is 0 Å². The molecule has 1 aromatic heterocycles. The molecule has 0 saturated heterocycles. The van der Waals surface area contributed by atoms with Gasteiger partial charge < -0.3 is 20.5 Å². The smallest absolute Gasteiger partial charge is 0.273 e. The number of aromatic hydroxyl groups is 1. The van der Waals surface area contributed by atoms with Crippen molar-refractivity contribution in [3.8, 4) is 11.5 Å². The van der Waals surface area contributed by atoms with Crippen LogP contribution in [0.15, 0.2) is 23.6 Å². The molecule has 0 aliphatic carbocycles. The maximum Gasteiger partial charge on any atom is 0.273 e. The second kappa shape index (κ2) is 8.71. The summed E-state index contributed by atoms with van der Waals surface area (Å²) in [5.74, 6) is 0.304. The standard InChI is InChI=1S/C15H19N3O3S.ClH/c1-18(8-10-3-4-13(21-2)12(19)7-10)15(20)11-9-22-14(17-11)5-6-16;/h3-4,7,9,19H,5-6,8,16H2,1-2H3;1H. The van der Waals surface area contributed by atoms with E-state index in [1.165, 1.54) is 18.4 Å². The van der Waals surface area contributed by atoms with E-state index in [1.807, 2.05) is 6.07 Å². The van der Waals surface area contributed by atoms with Crippen molar-refractivity contribution >= 4 is 29.7 Å². The van der Waals surface area contributed by atoms with Crippen molar-refractivity contribution in [3.05, 3.63) is 39.8 Å². The number of amides is 1. The van der Waals surface area contributed by atoms with Crippen LogP contribution in [0.25, 0.3) is 0 Å². The lowest BCUT2D eigenvalue weighted by molar-refractivity contribution is 0.0779. The first kappa shape index (κ1) is 19.2. The molecule has 1 amide bonds. The van der Waals surface area contributed by atoms with E-state index in [2.05, 4.69) is 4.98 Å². The molecule has 1 heterocycles. The van der Waals surface area contributed by atoms with Crippen LogP contribution in [0.3, 0.4) is 0 Å². The minimum atomic E-state index is -0.158. The number of benzene rings is 1. The first-order valence-corrected chi connectivity index (χ1v) is 7.69. The van der Waals surface area contributed by atoms with E-state index in [1.54, 1.807) is 29.5 Å². The monoisotopic (exact) mass is 357 g/mol. The van der Waals surface area contributed by atoms with E-state index < -0.39 is 0 Å². The molecule has 23 heavy (non-hydrogen) atoms. The summed E-state index contributed by atoms with van der Waals surface area (Å²) >= 11 is 1.44. The molecule has 0 spiro atoms. The molecule has 126 valence electrons. The largest absolute Gasteiger partial charge is 0.504 e. The third kappa shape index (κ3) is 4.82. The van der Waals surface area contributed by atoms with Gasteiger partial charge in [-0.15, -0.1) is 23.7 Å². The Bertz CT molecular complexity index is 663. The summed E-state index contributed by atoms with van der Waals surface area (Å²) in [6.45, 7) is 0.891. The predicted molar refractivity (Wildman–Crippen MR) is 92.6 cm³/mol. The van der Waals surface area contributed by atoms with Crippen molar-refractivity contribution in [2.75, 3.05) is 20.7 Å². The number of rotatable bonds is 6. The van der Waals surface area contributed by atoms with Gasteiger partial charge in [0.25, 0.3) is 5.91 Å². The molecule has 0 atom stereocenters. The Labute approximate surface area is 145 Å². The number of hydrogen-bond donors (Lipinski definition) is 2. The molecular formula is C15H20ClN3O3S. The predicted octanol–water partition coefficient (Wildman–Crippen LogP) is 2.05. The fourth-order valence-electron chi connectivity index (χ4n) is 2.02. The summed E-state index contributed by atoms with van der Waals surface area (Å²) in [6, 6.07) is 5.07. The average molecular weight is 358 g/mol. The lowest BCUT2D eigenvalue weighted by Gasteiger charge is -2.16. The second-order valence-electron chi connectivity index (χ2n) is 4.83. The number of carbonyl (C=O) groups is 1. The molecule has 1 aromatic carbocycles. The van der Waals surface area contributed by atoms with Crippen LogP contribution in [0, 0.1) is 0 Å². The molecule has 0 bridgehead atoms. The van der Waals surface area contributed by atoms with Gasteiger partial charge in [0.05, 0.1) is 12.1 Å². The Kier molecular flexibility index (Phi) is 7.28. The number of methoxy groups -OCH3 is 1. The van der Waals surface area contributed by atoms with Gasteiger partial charge in [0.15, 0.2) is 11.5 Å². The van der Waals surface area contributed by atoms with Crippen LogP contribution in [0.1, 0.15) is 21.1 Å². The summed E-state index contributed by atoms with van der Waals surface area (Å²) in [4.78, 5) is 18.2. The number of aromatic nitrogens is 1. The normalized spacial score (nSPS) is 10.0. The summed E-state index contributed by atoms with van der Waals surface area (Å²) in [6.07, 6.45) is 0.675. The molecule has 0 fully saturated rings. The van der Waals surface area contributed by atoms with Gasteiger partial charge in [-0.05, 0) is 24.2 Å². The Morgan fingerprint density at radius 2 is 2.22 bits per heavy atom. The number of nitrogens with zero attached hydrogens (tertiary/aromatic N) is 2. The first-order valence-electron chi connectivity index (χ1n) is 6.81. The molecule has 3 N–H and O–H groups in total. The Hall–Kier alpha value is -1.83. The number of phenols is 1. The van der Waals surface area contributed by atoms with Crippen molar-refractivity contribution in [2.45, 2.75) is 13.0 Å². The van der Waals surface area contributed by atoms with Crippen LogP contribution in [0.4, 0.5) is 0 Å². The van der Waals surface area contributed by atoms with Gasteiger partial charge in [0.1, 0.15) is 5.69 Å². The van der Waals surface area contributed by atoms with Crippen molar-refractivity contribution < 1.29 is 14.6 Å². The van der Waals surface area contributed by atoms with E-state index in [0.29, 0.717) is 31.0 Å². The SMILES string of the molecule is COc1ccc(CN(C)C(=O)c2csc(CCN)n2)cc1O.Cl. The number of halogens is 1. The molecule has 0 radical (unpaired) electrons. The molecular weight excluding hydrogens is 338 g/mol. The summed E-state index contributed by atoms with van der Waals surface area (Å²) in [5, 5.41) is 12.4. The molecule has 8 heteroatoms. The third-order valence-electron chi connectivity index (χ3n) is 3.14. The van der Waals surface area contributed by atoms with Crippen molar-refractivity contribution in [2.24, 2.45) is 5.73 Å². The summed E-state index contributed by atoms with van der Waals surface area (Å²) < 4.78 is 5.00. The van der Waals surface area contributed by atoms with Crippen molar-refractivity contribution in [1.29, 1.82) is 0 Å². The van der Waals surface area contributed by atoms with E-state index in [4.69, 9.17) is 10.5 Å².